The quantitative estimate of drug-likeness (QED) is 0.591. The second kappa shape index (κ2) is 12.3. The molecule has 2 aromatic rings. The highest BCUT2D eigenvalue weighted by Crippen LogP contribution is 2.25. The van der Waals surface area contributed by atoms with E-state index in [-0.39, 0.29) is 0 Å². The standard InChI is InChI=1S/C20H25BrN2O2.C2H2O4/c1-24-19-6-3-16(4-7-19)14-22-9-11-23(12-10-22)15-17-13-18(21)5-8-20(17)25-2;3-1(4)2(5)6/h3-8,13H,9-12,14-15H2,1-2H3;(H,3,4)(H,5,6). The van der Waals surface area contributed by atoms with E-state index in [4.69, 9.17) is 29.3 Å². The molecule has 0 radical (unpaired) electrons. The summed E-state index contributed by atoms with van der Waals surface area (Å²) in [6, 6.07) is 14.6. The molecule has 0 amide bonds. The van der Waals surface area contributed by atoms with Gasteiger partial charge in [-0.3, -0.25) is 9.80 Å². The number of aliphatic carboxylic acids is 2. The van der Waals surface area contributed by atoms with Crippen molar-refractivity contribution in [1.29, 1.82) is 0 Å². The van der Waals surface area contributed by atoms with Crippen LogP contribution < -0.4 is 9.47 Å². The first-order valence-corrected chi connectivity index (χ1v) is 10.5. The van der Waals surface area contributed by atoms with Crippen LogP contribution >= 0.6 is 15.9 Å². The second-order valence-electron chi connectivity index (χ2n) is 6.97. The number of hydrogen-bond donors (Lipinski definition) is 2. The normalized spacial score (nSPS) is 14.3. The lowest BCUT2D eigenvalue weighted by atomic mass is 10.1. The van der Waals surface area contributed by atoms with Crippen molar-refractivity contribution in [3.8, 4) is 11.5 Å². The summed E-state index contributed by atoms with van der Waals surface area (Å²) in [6.45, 7) is 6.25. The number of carboxylic acid groups (broad SMARTS) is 2. The highest BCUT2D eigenvalue weighted by molar-refractivity contribution is 9.10. The molecule has 2 aromatic carbocycles. The molecule has 1 fully saturated rings. The van der Waals surface area contributed by atoms with Crippen LogP contribution in [0, 0.1) is 0 Å². The van der Waals surface area contributed by atoms with E-state index in [0.717, 1.165) is 55.2 Å². The van der Waals surface area contributed by atoms with Crippen LogP contribution in [0.3, 0.4) is 0 Å². The molecule has 1 saturated heterocycles. The fraction of sp³-hybridized carbons (Fsp3) is 0.364. The Kier molecular flexibility index (Phi) is 9.77. The zero-order chi connectivity index (χ0) is 22.8. The number of halogens is 1. The molecule has 0 spiro atoms. The predicted molar refractivity (Wildman–Crippen MR) is 120 cm³/mol. The summed E-state index contributed by atoms with van der Waals surface area (Å²) in [6.07, 6.45) is 0. The second-order valence-corrected chi connectivity index (χ2v) is 7.88. The molecule has 0 unspecified atom stereocenters. The zero-order valence-electron chi connectivity index (χ0n) is 17.6. The Balaban J connectivity index is 0.000000501. The molecule has 31 heavy (non-hydrogen) atoms. The van der Waals surface area contributed by atoms with E-state index in [2.05, 4.69) is 43.9 Å². The summed E-state index contributed by atoms with van der Waals surface area (Å²) in [5.41, 5.74) is 2.57. The highest BCUT2D eigenvalue weighted by atomic mass is 79.9. The fourth-order valence-corrected chi connectivity index (χ4v) is 3.61. The molecule has 8 nitrogen and oxygen atoms in total. The minimum Gasteiger partial charge on any atom is -0.497 e. The van der Waals surface area contributed by atoms with E-state index in [0.29, 0.717) is 0 Å². The molecular formula is C22H27BrN2O6. The minimum absolute atomic E-state index is 0.913. The number of methoxy groups -OCH3 is 2. The van der Waals surface area contributed by atoms with Crippen molar-refractivity contribution in [2.75, 3.05) is 40.4 Å². The van der Waals surface area contributed by atoms with Crippen LogP contribution in [0.1, 0.15) is 11.1 Å². The Morgan fingerprint density at radius 3 is 1.90 bits per heavy atom. The topological polar surface area (TPSA) is 99.5 Å². The lowest BCUT2D eigenvalue weighted by molar-refractivity contribution is -0.159. The summed E-state index contributed by atoms with van der Waals surface area (Å²) in [4.78, 5) is 23.2. The maximum atomic E-state index is 9.10. The van der Waals surface area contributed by atoms with Gasteiger partial charge in [0.25, 0.3) is 0 Å². The van der Waals surface area contributed by atoms with Crippen molar-refractivity contribution in [3.63, 3.8) is 0 Å². The van der Waals surface area contributed by atoms with Gasteiger partial charge in [0.1, 0.15) is 11.5 Å². The van der Waals surface area contributed by atoms with Crippen molar-refractivity contribution in [3.05, 3.63) is 58.1 Å². The molecule has 1 heterocycles. The maximum Gasteiger partial charge on any atom is 0.414 e. The Hall–Kier alpha value is -2.62. The van der Waals surface area contributed by atoms with E-state index in [1.165, 1.54) is 11.1 Å². The molecule has 1 aliphatic heterocycles. The number of nitrogens with zero attached hydrogens (tertiary/aromatic N) is 2. The number of carboxylic acids is 2. The molecule has 3 rings (SSSR count). The number of carbonyl (C=O) groups is 2. The third-order valence-electron chi connectivity index (χ3n) is 4.85. The Morgan fingerprint density at radius 1 is 0.871 bits per heavy atom. The lowest BCUT2D eigenvalue weighted by Crippen LogP contribution is -2.45. The molecule has 0 saturated carbocycles. The molecular weight excluding hydrogens is 468 g/mol. The number of hydrogen-bond acceptors (Lipinski definition) is 6. The average molecular weight is 495 g/mol. The van der Waals surface area contributed by atoms with Crippen LogP contribution in [0.4, 0.5) is 0 Å². The van der Waals surface area contributed by atoms with E-state index in [9.17, 15) is 0 Å². The third kappa shape index (κ3) is 8.20. The molecule has 1 aliphatic rings. The molecule has 0 atom stereocenters. The van der Waals surface area contributed by atoms with E-state index >= 15 is 0 Å². The largest absolute Gasteiger partial charge is 0.497 e. The Morgan fingerprint density at radius 2 is 1.42 bits per heavy atom. The van der Waals surface area contributed by atoms with Crippen LogP contribution in [0.25, 0.3) is 0 Å². The highest BCUT2D eigenvalue weighted by Gasteiger charge is 2.18. The van der Waals surface area contributed by atoms with Gasteiger partial charge in [-0.1, -0.05) is 28.1 Å². The van der Waals surface area contributed by atoms with Crippen molar-refractivity contribution in [2.45, 2.75) is 13.1 Å². The first kappa shape index (κ1) is 24.6. The van der Waals surface area contributed by atoms with E-state index < -0.39 is 11.9 Å². The monoisotopic (exact) mass is 494 g/mol. The van der Waals surface area contributed by atoms with Gasteiger partial charge in [0, 0.05) is 49.3 Å². The molecule has 0 bridgehead atoms. The number of piperazine rings is 1. The van der Waals surface area contributed by atoms with Crippen molar-refractivity contribution in [2.24, 2.45) is 0 Å². The van der Waals surface area contributed by atoms with Crippen LogP contribution in [0.5, 0.6) is 11.5 Å². The van der Waals surface area contributed by atoms with Gasteiger partial charge in [-0.2, -0.15) is 0 Å². The van der Waals surface area contributed by atoms with Gasteiger partial charge in [-0.15, -0.1) is 0 Å². The number of ether oxygens (including phenoxy) is 2. The summed E-state index contributed by atoms with van der Waals surface area (Å²) < 4.78 is 11.8. The Labute approximate surface area is 190 Å². The average Bonchev–Trinajstić information content (AvgIpc) is 2.76. The summed E-state index contributed by atoms with van der Waals surface area (Å²) >= 11 is 3.56. The molecule has 0 aliphatic carbocycles. The minimum atomic E-state index is -1.82. The summed E-state index contributed by atoms with van der Waals surface area (Å²) in [7, 11) is 3.44. The maximum absolute atomic E-state index is 9.10. The molecule has 0 aromatic heterocycles. The first-order chi connectivity index (χ1) is 14.8. The first-order valence-electron chi connectivity index (χ1n) is 9.68. The predicted octanol–water partition coefficient (Wildman–Crippen LogP) is 2.94. The van der Waals surface area contributed by atoms with Crippen LogP contribution in [-0.2, 0) is 22.7 Å². The van der Waals surface area contributed by atoms with Crippen LogP contribution in [0.2, 0.25) is 0 Å². The van der Waals surface area contributed by atoms with Crippen molar-refractivity contribution >= 4 is 27.9 Å². The number of rotatable bonds is 6. The van der Waals surface area contributed by atoms with Gasteiger partial charge in [-0.05, 0) is 35.9 Å². The van der Waals surface area contributed by atoms with Gasteiger partial charge >= 0.3 is 11.9 Å². The van der Waals surface area contributed by atoms with Gasteiger partial charge in [0.05, 0.1) is 14.2 Å². The van der Waals surface area contributed by atoms with Crippen LogP contribution in [-0.4, -0.2) is 72.4 Å². The van der Waals surface area contributed by atoms with Gasteiger partial charge in [0.2, 0.25) is 0 Å². The van der Waals surface area contributed by atoms with Crippen molar-refractivity contribution < 1.29 is 29.3 Å². The summed E-state index contributed by atoms with van der Waals surface area (Å²) in [5.74, 6) is -1.77. The van der Waals surface area contributed by atoms with Crippen molar-refractivity contribution in [1.82, 2.24) is 9.80 Å². The van der Waals surface area contributed by atoms with Gasteiger partial charge < -0.3 is 19.7 Å². The zero-order valence-corrected chi connectivity index (χ0v) is 19.2. The van der Waals surface area contributed by atoms with E-state index in [1.807, 2.05) is 24.3 Å². The van der Waals surface area contributed by atoms with E-state index in [1.54, 1.807) is 14.2 Å². The fourth-order valence-electron chi connectivity index (χ4n) is 3.21. The SMILES string of the molecule is COc1ccc(CN2CCN(Cc3cc(Br)ccc3OC)CC2)cc1.O=C(O)C(=O)O. The lowest BCUT2D eigenvalue weighted by Gasteiger charge is -2.35. The molecule has 9 heteroatoms. The smallest absolute Gasteiger partial charge is 0.414 e. The molecule has 168 valence electrons. The van der Waals surface area contributed by atoms with Gasteiger partial charge in [0.15, 0.2) is 0 Å². The third-order valence-corrected chi connectivity index (χ3v) is 5.34. The van der Waals surface area contributed by atoms with Gasteiger partial charge in [-0.25, -0.2) is 9.59 Å². The summed E-state index contributed by atoms with van der Waals surface area (Å²) in [5, 5.41) is 14.8. The van der Waals surface area contributed by atoms with Crippen LogP contribution in [0.15, 0.2) is 46.9 Å². The Bertz CT molecular complexity index is 855. The number of benzene rings is 2. The molecule has 2 N–H and O–H groups in total.